The summed E-state index contributed by atoms with van der Waals surface area (Å²) in [4.78, 5) is 2.73. The molecule has 0 spiro atoms. The van der Waals surface area contributed by atoms with Crippen molar-refractivity contribution in [1.82, 2.24) is 4.90 Å². The molecule has 1 fully saturated rings. The highest BCUT2D eigenvalue weighted by molar-refractivity contribution is 5.56. The fraction of sp³-hybridized carbons (Fsp3) is 0.667. The Labute approximate surface area is 123 Å². The zero-order valence-electron chi connectivity index (χ0n) is 13.2. The summed E-state index contributed by atoms with van der Waals surface area (Å²) in [5.74, 6) is 1.31. The molecule has 0 saturated carbocycles. The SMILES string of the molecule is CC(C)c1ccc2c(c1)C(N1CCCCC1)C(C)CN2. The van der Waals surface area contributed by atoms with Gasteiger partial charge in [0.25, 0.3) is 0 Å². The quantitative estimate of drug-likeness (QED) is 0.858. The summed E-state index contributed by atoms with van der Waals surface area (Å²) in [5.41, 5.74) is 4.38. The Hall–Kier alpha value is -1.02. The standard InChI is InChI=1S/C18H28N2/c1-13(2)15-7-8-17-16(11-15)18(14(3)12-19-17)20-9-5-4-6-10-20/h7-8,11,13-14,18-19H,4-6,9-10,12H2,1-3H3. The van der Waals surface area contributed by atoms with E-state index in [1.54, 1.807) is 0 Å². The minimum Gasteiger partial charge on any atom is -0.384 e. The molecule has 1 saturated heterocycles. The van der Waals surface area contributed by atoms with Crippen LogP contribution < -0.4 is 5.32 Å². The number of benzene rings is 1. The van der Waals surface area contributed by atoms with Gasteiger partial charge in [-0.3, -0.25) is 4.90 Å². The normalized spacial score (nSPS) is 27.2. The molecule has 3 rings (SSSR count). The Morgan fingerprint density at radius 1 is 1.15 bits per heavy atom. The van der Waals surface area contributed by atoms with Gasteiger partial charge in [-0.05, 0) is 55.0 Å². The summed E-state index contributed by atoms with van der Waals surface area (Å²) in [6.45, 7) is 10.6. The van der Waals surface area contributed by atoms with Crippen LogP contribution in [0.3, 0.4) is 0 Å². The van der Waals surface area contributed by atoms with Crippen LogP contribution in [-0.2, 0) is 0 Å². The van der Waals surface area contributed by atoms with Gasteiger partial charge in [0.1, 0.15) is 0 Å². The fourth-order valence-corrected chi connectivity index (χ4v) is 3.79. The second kappa shape index (κ2) is 5.77. The van der Waals surface area contributed by atoms with E-state index in [0.29, 0.717) is 17.9 Å². The maximum atomic E-state index is 3.62. The van der Waals surface area contributed by atoms with Gasteiger partial charge in [0.2, 0.25) is 0 Å². The van der Waals surface area contributed by atoms with Crippen molar-refractivity contribution in [3.63, 3.8) is 0 Å². The van der Waals surface area contributed by atoms with Gasteiger partial charge in [-0.1, -0.05) is 39.3 Å². The first-order valence-corrected chi connectivity index (χ1v) is 8.28. The van der Waals surface area contributed by atoms with Crippen LogP contribution in [0.4, 0.5) is 5.69 Å². The van der Waals surface area contributed by atoms with Crippen molar-refractivity contribution in [3.8, 4) is 0 Å². The first-order chi connectivity index (χ1) is 9.66. The second-order valence-corrected chi connectivity index (χ2v) is 6.90. The van der Waals surface area contributed by atoms with Crippen molar-refractivity contribution in [2.24, 2.45) is 5.92 Å². The Morgan fingerprint density at radius 3 is 2.60 bits per heavy atom. The van der Waals surface area contributed by atoms with Crippen LogP contribution in [-0.4, -0.2) is 24.5 Å². The fourth-order valence-electron chi connectivity index (χ4n) is 3.79. The van der Waals surface area contributed by atoms with Crippen LogP contribution in [0.1, 0.15) is 63.1 Å². The summed E-state index contributed by atoms with van der Waals surface area (Å²) < 4.78 is 0. The van der Waals surface area contributed by atoms with Crippen molar-refractivity contribution in [1.29, 1.82) is 0 Å². The average molecular weight is 272 g/mol. The Bertz CT molecular complexity index is 460. The summed E-state index contributed by atoms with van der Waals surface area (Å²) in [5, 5.41) is 3.62. The lowest BCUT2D eigenvalue weighted by Gasteiger charge is -2.42. The van der Waals surface area contributed by atoms with Crippen molar-refractivity contribution in [2.45, 2.75) is 52.0 Å². The highest BCUT2D eigenvalue weighted by atomic mass is 15.2. The molecular weight excluding hydrogens is 244 g/mol. The number of fused-ring (bicyclic) bond motifs is 1. The predicted molar refractivity (Wildman–Crippen MR) is 86.3 cm³/mol. The number of nitrogens with one attached hydrogen (secondary N) is 1. The average Bonchev–Trinajstić information content (AvgIpc) is 2.47. The molecule has 2 aliphatic heterocycles. The maximum Gasteiger partial charge on any atom is 0.0410 e. The summed E-state index contributed by atoms with van der Waals surface area (Å²) in [6, 6.07) is 7.67. The zero-order chi connectivity index (χ0) is 14.1. The number of rotatable bonds is 2. The third-order valence-electron chi connectivity index (χ3n) is 5.00. The third-order valence-corrected chi connectivity index (χ3v) is 5.00. The molecule has 20 heavy (non-hydrogen) atoms. The number of anilines is 1. The van der Waals surface area contributed by atoms with Crippen molar-refractivity contribution >= 4 is 5.69 Å². The van der Waals surface area contributed by atoms with E-state index in [1.165, 1.54) is 49.2 Å². The van der Waals surface area contributed by atoms with E-state index in [9.17, 15) is 0 Å². The Kier molecular flexibility index (Phi) is 4.02. The lowest BCUT2D eigenvalue weighted by Crippen LogP contribution is -2.41. The minimum absolute atomic E-state index is 0.611. The molecule has 1 aromatic rings. The van der Waals surface area contributed by atoms with E-state index < -0.39 is 0 Å². The largest absolute Gasteiger partial charge is 0.384 e. The number of likely N-dealkylation sites (tertiary alicyclic amines) is 1. The van der Waals surface area contributed by atoms with Gasteiger partial charge < -0.3 is 5.32 Å². The molecule has 2 aliphatic rings. The smallest absolute Gasteiger partial charge is 0.0410 e. The molecule has 2 heterocycles. The molecule has 0 aromatic heterocycles. The number of piperidine rings is 1. The summed E-state index contributed by atoms with van der Waals surface area (Å²) in [7, 11) is 0. The number of hydrogen-bond acceptors (Lipinski definition) is 2. The van der Waals surface area contributed by atoms with E-state index in [2.05, 4.69) is 49.2 Å². The number of hydrogen-bond donors (Lipinski definition) is 1. The van der Waals surface area contributed by atoms with Gasteiger partial charge in [0.15, 0.2) is 0 Å². The van der Waals surface area contributed by atoms with Crippen LogP contribution in [0.5, 0.6) is 0 Å². The van der Waals surface area contributed by atoms with E-state index in [0.717, 1.165) is 6.54 Å². The monoisotopic (exact) mass is 272 g/mol. The minimum atomic E-state index is 0.611. The molecule has 0 aliphatic carbocycles. The molecule has 0 radical (unpaired) electrons. The molecule has 2 unspecified atom stereocenters. The topological polar surface area (TPSA) is 15.3 Å². The van der Waals surface area contributed by atoms with Gasteiger partial charge in [0.05, 0.1) is 0 Å². The highest BCUT2D eigenvalue weighted by Gasteiger charge is 2.32. The predicted octanol–water partition coefficient (Wildman–Crippen LogP) is 4.40. The van der Waals surface area contributed by atoms with E-state index >= 15 is 0 Å². The zero-order valence-corrected chi connectivity index (χ0v) is 13.2. The van der Waals surface area contributed by atoms with Crippen LogP contribution in [0, 0.1) is 5.92 Å². The van der Waals surface area contributed by atoms with Gasteiger partial charge >= 0.3 is 0 Å². The molecular formula is C18H28N2. The second-order valence-electron chi connectivity index (χ2n) is 6.90. The lowest BCUT2D eigenvalue weighted by atomic mass is 9.85. The van der Waals surface area contributed by atoms with Crippen LogP contribution in [0.15, 0.2) is 18.2 Å². The molecule has 1 N–H and O–H groups in total. The van der Waals surface area contributed by atoms with E-state index in [1.807, 2.05) is 0 Å². The third kappa shape index (κ3) is 2.58. The van der Waals surface area contributed by atoms with Gasteiger partial charge in [-0.15, -0.1) is 0 Å². The van der Waals surface area contributed by atoms with Crippen LogP contribution in [0.25, 0.3) is 0 Å². The molecule has 2 heteroatoms. The first-order valence-electron chi connectivity index (χ1n) is 8.28. The van der Waals surface area contributed by atoms with Gasteiger partial charge in [-0.2, -0.15) is 0 Å². The molecule has 1 aromatic carbocycles. The highest BCUT2D eigenvalue weighted by Crippen LogP contribution is 2.40. The van der Waals surface area contributed by atoms with Crippen molar-refractivity contribution in [3.05, 3.63) is 29.3 Å². The van der Waals surface area contributed by atoms with E-state index in [4.69, 9.17) is 0 Å². The Morgan fingerprint density at radius 2 is 1.90 bits per heavy atom. The molecule has 2 atom stereocenters. The van der Waals surface area contributed by atoms with E-state index in [-0.39, 0.29) is 0 Å². The lowest BCUT2D eigenvalue weighted by molar-refractivity contribution is 0.123. The van der Waals surface area contributed by atoms with Gasteiger partial charge in [-0.25, -0.2) is 0 Å². The first kappa shape index (κ1) is 13.9. The molecule has 2 nitrogen and oxygen atoms in total. The Balaban J connectivity index is 1.95. The van der Waals surface area contributed by atoms with Crippen molar-refractivity contribution in [2.75, 3.05) is 25.0 Å². The molecule has 110 valence electrons. The van der Waals surface area contributed by atoms with Crippen molar-refractivity contribution < 1.29 is 0 Å². The molecule has 0 bridgehead atoms. The molecule has 0 amide bonds. The summed E-state index contributed by atoms with van der Waals surface area (Å²) in [6.07, 6.45) is 4.15. The van der Waals surface area contributed by atoms with Crippen LogP contribution in [0.2, 0.25) is 0 Å². The maximum absolute atomic E-state index is 3.62. The number of nitrogens with zero attached hydrogens (tertiary/aromatic N) is 1. The summed E-state index contributed by atoms with van der Waals surface area (Å²) >= 11 is 0. The van der Waals surface area contributed by atoms with Crippen LogP contribution >= 0.6 is 0 Å². The van der Waals surface area contributed by atoms with Gasteiger partial charge in [0, 0.05) is 18.3 Å².